The lowest BCUT2D eigenvalue weighted by Gasteiger charge is -2.22. The average Bonchev–Trinajstić information content (AvgIpc) is 3.10. The fraction of sp³-hybridized carbons (Fsp3) is 0.667. The second-order valence-corrected chi connectivity index (χ2v) is 5.51. The molecule has 0 aromatic carbocycles. The van der Waals surface area contributed by atoms with Gasteiger partial charge in [0.15, 0.2) is 0 Å². The van der Waals surface area contributed by atoms with E-state index < -0.39 is 0 Å². The van der Waals surface area contributed by atoms with Crippen LogP contribution in [0, 0.1) is 5.41 Å². The van der Waals surface area contributed by atoms with Gasteiger partial charge in [0, 0.05) is 18.5 Å². The second-order valence-electron chi connectivity index (χ2n) is 5.51. The molecule has 0 atom stereocenters. The van der Waals surface area contributed by atoms with E-state index in [2.05, 4.69) is 29.1 Å². The van der Waals surface area contributed by atoms with Gasteiger partial charge in [0.2, 0.25) is 0 Å². The molecule has 0 bridgehead atoms. The smallest absolute Gasteiger partial charge is 0.252 e. The van der Waals surface area contributed by atoms with Crippen LogP contribution in [0.15, 0.2) is 10.9 Å². The van der Waals surface area contributed by atoms with E-state index >= 15 is 0 Å². The van der Waals surface area contributed by atoms with Crippen LogP contribution in [0.4, 0.5) is 5.82 Å². The van der Waals surface area contributed by atoms with Gasteiger partial charge < -0.3 is 16.0 Å². The summed E-state index contributed by atoms with van der Waals surface area (Å²) in [5, 5.41) is 3.19. The summed E-state index contributed by atoms with van der Waals surface area (Å²) in [5.74, 6) is 1.91. The summed E-state index contributed by atoms with van der Waals surface area (Å²) in [6.45, 7) is 5.46. The van der Waals surface area contributed by atoms with Gasteiger partial charge in [-0.1, -0.05) is 13.8 Å². The standard InChI is InChI=1S/C12H20N4O/c1-12(2,6-13)7-14-9-5-10(17)16-11(15-9)8-3-4-8/h5,8H,3-4,6-7,13H2,1-2H3,(H2,14,15,16,17). The largest absolute Gasteiger partial charge is 0.369 e. The topological polar surface area (TPSA) is 83.8 Å². The van der Waals surface area contributed by atoms with E-state index in [1.54, 1.807) is 0 Å². The molecular formula is C12H20N4O. The first-order valence-electron chi connectivity index (χ1n) is 6.05. The first-order chi connectivity index (χ1) is 8.00. The number of H-pyrrole nitrogens is 1. The lowest BCUT2D eigenvalue weighted by atomic mass is 9.94. The van der Waals surface area contributed by atoms with E-state index in [-0.39, 0.29) is 11.0 Å². The molecule has 1 aliphatic rings. The van der Waals surface area contributed by atoms with Crippen molar-refractivity contribution in [2.75, 3.05) is 18.4 Å². The Kier molecular flexibility index (Phi) is 3.19. The summed E-state index contributed by atoms with van der Waals surface area (Å²) < 4.78 is 0. The molecule has 2 rings (SSSR count). The number of nitrogens with one attached hydrogen (secondary N) is 2. The molecule has 5 heteroatoms. The van der Waals surface area contributed by atoms with Crippen molar-refractivity contribution >= 4 is 5.82 Å². The Balaban J connectivity index is 2.07. The van der Waals surface area contributed by atoms with Crippen molar-refractivity contribution in [1.82, 2.24) is 9.97 Å². The van der Waals surface area contributed by atoms with Gasteiger partial charge in [0.1, 0.15) is 11.6 Å². The molecule has 5 nitrogen and oxygen atoms in total. The maximum Gasteiger partial charge on any atom is 0.252 e. The van der Waals surface area contributed by atoms with Gasteiger partial charge >= 0.3 is 0 Å². The maximum atomic E-state index is 11.5. The molecule has 1 fully saturated rings. The Morgan fingerprint density at radius 1 is 1.59 bits per heavy atom. The third-order valence-corrected chi connectivity index (χ3v) is 3.02. The molecule has 0 aliphatic heterocycles. The Bertz CT molecular complexity index is 448. The zero-order valence-corrected chi connectivity index (χ0v) is 10.4. The minimum Gasteiger partial charge on any atom is -0.369 e. The Labute approximate surface area is 101 Å². The summed E-state index contributed by atoms with van der Waals surface area (Å²) in [6, 6.07) is 1.50. The number of aromatic amines is 1. The van der Waals surface area contributed by atoms with Crippen molar-refractivity contribution in [3.8, 4) is 0 Å². The van der Waals surface area contributed by atoms with E-state index in [4.69, 9.17) is 5.73 Å². The molecule has 1 heterocycles. The van der Waals surface area contributed by atoms with Crippen molar-refractivity contribution in [1.29, 1.82) is 0 Å². The number of rotatable bonds is 5. The van der Waals surface area contributed by atoms with Crippen LogP contribution >= 0.6 is 0 Å². The van der Waals surface area contributed by atoms with Gasteiger partial charge in [0.25, 0.3) is 5.56 Å². The lowest BCUT2D eigenvalue weighted by molar-refractivity contribution is 0.405. The van der Waals surface area contributed by atoms with Crippen molar-refractivity contribution in [2.45, 2.75) is 32.6 Å². The van der Waals surface area contributed by atoms with Gasteiger partial charge in [-0.15, -0.1) is 0 Å². The molecule has 94 valence electrons. The molecule has 1 saturated carbocycles. The number of hydrogen-bond acceptors (Lipinski definition) is 4. The zero-order chi connectivity index (χ0) is 12.5. The number of hydrogen-bond donors (Lipinski definition) is 3. The molecule has 0 radical (unpaired) electrons. The number of aromatic nitrogens is 2. The van der Waals surface area contributed by atoms with Gasteiger partial charge in [-0.2, -0.15) is 0 Å². The molecule has 0 amide bonds. The van der Waals surface area contributed by atoms with Crippen LogP contribution in [0.3, 0.4) is 0 Å². The van der Waals surface area contributed by atoms with Gasteiger partial charge in [-0.25, -0.2) is 4.98 Å². The third kappa shape index (κ3) is 3.30. The molecule has 1 aromatic rings. The van der Waals surface area contributed by atoms with E-state index in [0.717, 1.165) is 18.7 Å². The van der Waals surface area contributed by atoms with Crippen molar-refractivity contribution in [2.24, 2.45) is 11.1 Å². The van der Waals surface area contributed by atoms with Crippen LogP contribution < -0.4 is 16.6 Å². The van der Waals surface area contributed by atoms with Crippen LogP contribution in [-0.2, 0) is 0 Å². The Morgan fingerprint density at radius 3 is 2.88 bits per heavy atom. The van der Waals surface area contributed by atoms with Gasteiger partial charge in [0.05, 0.1) is 0 Å². The Hall–Kier alpha value is -1.36. The van der Waals surface area contributed by atoms with Gasteiger partial charge in [-0.05, 0) is 24.8 Å². The minimum atomic E-state index is -0.0880. The highest BCUT2D eigenvalue weighted by Gasteiger charge is 2.26. The van der Waals surface area contributed by atoms with Crippen LogP contribution in [0.1, 0.15) is 38.4 Å². The molecule has 0 spiro atoms. The molecule has 17 heavy (non-hydrogen) atoms. The minimum absolute atomic E-state index is 0.00400. The zero-order valence-electron chi connectivity index (χ0n) is 10.4. The predicted molar refractivity (Wildman–Crippen MR) is 68.2 cm³/mol. The summed E-state index contributed by atoms with van der Waals surface area (Å²) in [4.78, 5) is 18.7. The fourth-order valence-corrected chi connectivity index (χ4v) is 1.52. The molecule has 0 saturated heterocycles. The fourth-order valence-electron chi connectivity index (χ4n) is 1.52. The predicted octanol–water partition coefficient (Wildman–Crippen LogP) is 1.04. The quantitative estimate of drug-likeness (QED) is 0.713. The highest BCUT2D eigenvalue weighted by Crippen LogP contribution is 2.37. The number of nitrogens with zero attached hydrogens (tertiary/aromatic N) is 1. The number of nitrogens with two attached hydrogens (primary N) is 1. The van der Waals surface area contributed by atoms with E-state index in [1.165, 1.54) is 6.07 Å². The van der Waals surface area contributed by atoms with E-state index in [0.29, 0.717) is 24.8 Å². The molecular weight excluding hydrogens is 216 g/mol. The van der Waals surface area contributed by atoms with Crippen LogP contribution in [0.2, 0.25) is 0 Å². The van der Waals surface area contributed by atoms with Crippen molar-refractivity contribution in [3.05, 3.63) is 22.2 Å². The van der Waals surface area contributed by atoms with Crippen molar-refractivity contribution < 1.29 is 0 Å². The molecule has 0 unspecified atom stereocenters. The van der Waals surface area contributed by atoms with Gasteiger partial charge in [-0.3, -0.25) is 4.79 Å². The monoisotopic (exact) mass is 236 g/mol. The Morgan fingerprint density at radius 2 is 2.29 bits per heavy atom. The second kappa shape index (κ2) is 4.49. The highest BCUT2D eigenvalue weighted by molar-refractivity contribution is 5.34. The summed E-state index contributed by atoms with van der Waals surface area (Å²) in [7, 11) is 0. The lowest BCUT2D eigenvalue weighted by Crippen LogP contribution is -2.31. The summed E-state index contributed by atoms with van der Waals surface area (Å²) in [5.41, 5.74) is 5.58. The average molecular weight is 236 g/mol. The van der Waals surface area contributed by atoms with Crippen LogP contribution in [0.25, 0.3) is 0 Å². The maximum absolute atomic E-state index is 11.5. The van der Waals surface area contributed by atoms with E-state index in [1.807, 2.05) is 0 Å². The molecule has 1 aromatic heterocycles. The molecule has 4 N–H and O–H groups in total. The van der Waals surface area contributed by atoms with Crippen LogP contribution in [-0.4, -0.2) is 23.1 Å². The van der Waals surface area contributed by atoms with E-state index in [9.17, 15) is 4.79 Å². The molecule has 1 aliphatic carbocycles. The SMILES string of the molecule is CC(C)(CN)CNc1cc(=O)[nH]c(C2CC2)n1. The third-order valence-electron chi connectivity index (χ3n) is 3.02. The number of anilines is 1. The van der Waals surface area contributed by atoms with Crippen LogP contribution in [0.5, 0.6) is 0 Å². The summed E-state index contributed by atoms with van der Waals surface area (Å²) >= 11 is 0. The van der Waals surface area contributed by atoms with Crippen molar-refractivity contribution in [3.63, 3.8) is 0 Å². The highest BCUT2D eigenvalue weighted by atomic mass is 16.1. The normalized spacial score (nSPS) is 15.9. The summed E-state index contributed by atoms with van der Waals surface area (Å²) in [6.07, 6.45) is 2.25. The first kappa shape index (κ1) is 12.1. The first-order valence-corrected chi connectivity index (χ1v) is 6.05.